The van der Waals surface area contributed by atoms with Gasteiger partial charge in [0.2, 0.25) is 11.8 Å². The van der Waals surface area contributed by atoms with Gasteiger partial charge in [0.25, 0.3) is 0 Å². The molecule has 0 aromatic carbocycles. The van der Waals surface area contributed by atoms with E-state index in [0.717, 1.165) is 32.1 Å². The number of carbonyl (C=O) groups is 2. The lowest BCUT2D eigenvalue weighted by atomic mass is 9.91. The monoisotopic (exact) mass is 290 g/mol. The topological polar surface area (TPSA) is 49.4 Å². The van der Waals surface area contributed by atoms with Gasteiger partial charge in [-0.15, -0.1) is 11.3 Å². The summed E-state index contributed by atoms with van der Waals surface area (Å²) in [5, 5.41) is 4.99. The van der Waals surface area contributed by atoms with Crippen LogP contribution < -0.4 is 5.32 Å². The average Bonchev–Trinajstić information content (AvgIpc) is 3.17. The van der Waals surface area contributed by atoms with Crippen molar-refractivity contribution in [2.24, 2.45) is 5.92 Å². The zero-order valence-corrected chi connectivity index (χ0v) is 12.1. The normalized spacial score (nSPS) is 30.1. The maximum atomic E-state index is 12.7. The van der Waals surface area contributed by atoms with E-state index >= 15 is 0 Å². The highest BCUT2D eigenvalue weighted by atomic mass is 32.1. The SMILES string of the molecule is O=C1CN(C2CCCc3sccc32)C(=O)C(C2CC2)N1. The molecule has 2 amide bonds. The van der Waals surface area contributed by atoms with E-state index in [1.165, 1.54) is 10.4 Å². The van der Waals surface area contributed by atoms with Gasteiger partial charge in [-0.2, -0.15) is 0 Å². The van der Waals surface area contributed by atoms with Crippen LogP contribution >= 0.6 is 11.3 Å². The Kier molecular flexibility index (Phi) is 2.84. The van der Waals surface area contributed by atoms with E-state index in [1.54, 1.807) is 11.3 Å². The third-order valence-corrected chi connectivity index (χ3v) is 5.67. The first-order valence-corrected chi connectivity index (χ1v) is 8.28. The van der Waals surface area contributed by atoms with E-state index in [-0.39, 0.29) is 30.4 Å². The van der Waals surface area contributed by atoms with Crippen LogP contribution in [-0.2, 0) is 16.0 Å². The van der Waals surface area contributed by atoms with Crippen LogP contribution in [0.4, 0.5) is 0 Å². The number of thiophene rings is 1. The highest BCUT2D eigenvalue weighted by molar-refractivity contribution is 7.10. The van der Waals surface area contributed by atoms with Gasteiger partial charge in [0.15, 0.2) is 0 Å². The number of aryl methyl sites for hydroxylation is 1. The van der Waals surface area contributed by atoms with Crippen LogP contribution in [-0.4, -0.2) is 29.3 Å². The van der Waals surface area contributed by atoms with Crippen molar-refractivity contribution in [3.05, 3.63) is 21.9 Å². The van der Waals surface area contributed by atoms with E-state index in [1.807, 2.05) is 4.90 Å². The van der Waals surface area contributed by atoms with Gasteiger partial charge >= 0.3 is 0 Å². The number of nitrogens with one attached hydrogen (secondary N) is 1. The summed E-state index contributed by atoms with van der Waals surface area (Å²) < 4.78 is 0. The van der Waals surface area contributed by atoms with Gasteiger partial charge in [-0.3, -0.25) is 9.59 Å². The summed E-state index contributed by atoms with van der Waals surface area (Å²) in [4.78, 5) is 27.9. The molecule has 3 aliphatic rings. The summed E-state index contributed by atoms with van der Waals surface area (Å²) in [6.07, 6.45) is 5.35. The molecule has 1 N–H and O–H groups in total. The summed E-state index contributed by atoms with van der Waals surface area (Å²) in [6.45, 7) is 0.224. The van der Waals surface area contributed by atoms with Crippen molar-refractivity contribution < 1.29 is 9.59 Å². The molecule has 5 heteroatoms. The minimum Gasteiger partial charge on any atom is -0.342 e. The van der Waals surface area contributed by atoms with Crippen molar-refractivity contribution in [1.82, 2.24) is 10.2 Å². The van der Waals surface area contributed by atoms with Crippen molar-refractivity contribution >= 4 is 23.2 Å². The van der Waals surface area contributed by atoms with E-state index in [9.17, 15) is 9.59 Å². The number of rotatable bonds is 2. The molecule has 2 heterocycles. The number of hydrogen-bond acceptors (Lipinski definition) is 3. The van der Waals surface area contributed by atoms with Gasteiger partial charge < -0.3 is 10.2 Å². The zero-order valence-electron chi connectivity index (χ0n) is 11.3. The molecule has 106 valence electrons. The second-order valence-corrected chi connectivity index (χ2v) is 7.06. The Morgan fingerprint density at radius 1 is 1.25 bits per heavy atom. The fourth-order valence-electron chi connectivity index (χ4n) is 3.49. The molecule has 1 aliphatic heterocycles. The predicted octanol–water partition coefficient (Wildman–Crippen LogP) is 1.86. The third-order valence-electron chi connectivity index (χ3n) is 4.67. The second kappa shape index (κ2) is 4.58. The molecule has 0 radical (unpaired) electrons. The molecule has 2 fully saturated rings. The summed E-state index contributed by atoms with van der Waals surface area (Å²) in [6, 6.07) is 1.99. The molecule has 2 aliphatic carbocycles. The zero-order chi connectivity index (χ0) is 13.7. The molecule has 4 nitrogen and oxygen atoms in total. The molecule has 2 unspecified atom stereocenters. The number of hydrogen-bond donors (Lipinski definition) is 1. The van der Waals surface area contributed by atoms with Crippen LogP contribution in [0.25, 0.3) is 0 Å². The smallest absolute Gasteiger partial charge is 0.246 e. The molecule has 2 atom stereocenters. The number of fused-ring (bicyclic) bond motifs is 1. The molecule has 20 heavy (non-hydrogen) atoms. The van der Waals surface area contributed by atoms with Crippen LogP contribution in [0.3, 0.4) is 0 Å². The van der Waals surface area contributed by atoms with Gasteiger partial charge in [-0.1, -0.05) is 0 Å². The van der Waals surface area contributed by atoms with Crippen molar-refractivity contribution in [1.29, 1.82) is 0 Å². The molecule has 0 bridgehead atoms. The quantitative estimate of drug-likeness (QED) is 0.904. The van der Waals surface area contributed by atoms with Crippen LogP contribution in [0.15, 0.2) is 11.4 Å². The average molecular weight is 290 g/mol. The molecule has 4 rings (SSSR count). The number of piperazine rings is 1. The van der Waals surface area contributed by atoms with Crippen LogP contribution in [0.2, 0.25) is 0 Å². The maximum Gasteiger partial charge on any atom is 0.246 e. The molecule has 1 aromatic heterocycles. The summed E-state index contributed by atoms with van der Waals surface area (Å²) in [7, 11) is 0. The minimum atomic E-state index is -0.264. The van der Waals surface area contributed by atoms with Gasteiger partial charge in [0.05, 0.1) is 6.04 Å². The summed E-state index contributed by atoms with van der Waals surface area (Å²) >= 11 is 1.78. The molecule has 1 aromatic rings. The van der Waals surface area contributed by atoms with Crippen molar-refractivity contribution in [3.8, 4) is 0 Å². The third kappa shape index (κ3) is 1.95. The van der Waals surface area contributed by atoms with E-state index in [2.05, 4.69) is 16.8 Å². The highest BCUT2D eigenvalue weighted by Crippen LogP contribution is 2.40. The Hall–Kier alpha value is -1.36. The Morgan fingerprint density at radius 2 is 2.10 bits per heavy atom. The number of nitrogens with zero attached hydrogens (tertiary/aromatic N) is 1. The fraction of sp³-hybridized carbons (Fsp3) is 0.600. The lowest BCUT2D eigenvalue weighted by Gasteiger charge is -2.39. The Morgan fingerprint density at radius 3 is 2.90 bits per heavy atom. The Bertz CT molecular complexity index is 564. The first-order valence-electron chi connectivity index (χ1n) is 7.40. The Labute approximate surface area is 122 Å². The van der Waals surface area contributed by atoms with Gasteiger partial charge in [0, 0.05) is 4.88 Å². The van der Waals surface area contributed by atoms with E-state index in [4.69, 9.17) is 0 Å². The second-order valence-electron chi connectivity index (χ2n) is 6.06. The fourth-order valence-corrected chi connectivity index (χ4v) is 4.47. The number of carbonyl (C=O) groups excluding carboxylic acids is 2. The van der Waals surface area contributed by atoms with Crippen LogP contribution in [0.1, 0.15) is 42.2 Å². The lowest BCUT2D eigenvalue weighted by Crippen LogP contribution is -2.59. The van der Waals surface area contributed by atoms with Crippen molar-refractivity contribution in [3.63, 3.8) is 0 Å². The maximum absolute atomic E-state index is 12.7. The molecular formula is C15H18N2O2S. The van der Waals surface area contributed by atoms with Gasteiger partial charge in [-0.05, 0) is 55.0 Å². The van der Waals surface area contributed by atoms with E-state index < -0.39 is 0 Å². The first kappa shape index (κ1) is 12.4. The van der Waals surface area contributed by atoms with Crippen molar-refractivity contribution in [2.45, 2.75) is 44.2 Å². The summed E-state index contributed by atoms with van der Waals surface area (Å²) in [5.41, 5.74) is 1.28. The van der Waals surface area contributed by atoms with Crippen LogP contribution in [0.5, 0.6) is 0 Å². The molecule has 0 spiro atoms. The number of amides is 2. The van der Waals surface area contributed by atoms with Crippen LogP contribution in [0, 0.1) is 5.92 Å². The molecule has 1 saturated carbocycles. The standard InChI is InChI=1S/C15H18N2O2S/c18-13-8-17(15(19)14(16-13)9-4-5-9)11-2-1-3-12-10(11)6-7-20-12/h6-7,9,11,14H,1-5,8H2,(H,16,18). The Balaban J connectivity index is 1.64. The molecular weight excluding hydrogens is 272 g/mol. The molecule has 1 saturated heterocycles. The van der Waals surface area contributed by atoms with Gasteiger partial charge in [-0.25, -0.2) is 0 Å². The predicted molar refractivity (Wildman–Crippen MR) is 76.4 cm³/mol. The van der Waals surface area contributed by atoms with E-state index in [0.29, 0.717) is 5.92 Å². The van der Waals surface area contributed by atoms with Crippen molar-refractivity contribution in [2.75, 3.05) is 6.54 Å². The van der Waals surface area contributed by atoms with Gasteiger partial charge in [0.1, 0.15) is 12.6 Å². The minimum absolute atomic E-state index is 0.00357. The summed E-state index contributed by atoms with van der Waals surface area (Å²) in [5.74, 6) is 0.514. The highest BCUT2D eigenvalue weighted by Gasteiger charge is 2.45. The lowest BCUT2D eigenvalue weighted by molar-refractivity contribution is -0.147. The largest absolute Gasteiger partial charge is 0.342 e. The first-order chi connectivity index (χ1) is 9.74.